The molecule has 1 saturated heterocycles. The van der Waals surface area contributed by atoms with Gasteiger partial charge >= 0.3 is 0 Å². The third-order valence-corrected chi connectivity index (χ3v) is 7.00. The van der Waals surface area contributed by atoms with Crippen LogP contribution in [-0.4, -0.2) is 87.8 Å². The number of likely N-dealkylation sites (tertiary alicyclic amines) is 1. The molecule has 1 unspecified atom stereocenters. The number of sulfone groups is 1. The highest BCUT2D eigenvalue weighted by atomic mass is 32.2. The standard InChI is InChI=1S/C24H31N5O6S/c1-24(2,3)34-14-20(30)23(31)28-11-9-17(10-12-28)35-22-19-13-27-29(21(19)25-15-26-22)16-5-7-18(8-6-16)36(4,32)33/h5-8,13,15,17,23,31H,9-12,14H2,1-4H3. The molecule has 0 saturated carbocycles. The average Bonchev–Trinajstić information content (AvgIpc) is 3.27. The van der Waals surface area contributed by atoms with Gasteiger partial charge in [0, 0.05) is 19.3 Å². The highest BCUT2D eigenvalue weighted by Gasteiger charge is 2.30. The van der Waals surface area contributed by atoms with E-state index in [1.54, 1.807) is 27.9 Å². The Bertz CT molecular complexity index is 1330. The molecule has 11 nitrogen and oxygen atoms in total. The Kier molecular flexibility index (Phi) is 7.41. The molecular weight excluding hydrogens is 486 g/mol. The molecule has 194 valence electrons. The lowest BCUT2D eigenvalue weighted by molar-refractivity contribution is -0.148. The maximum absolute atomic E-state index is 12.3. The quantitative estimate of drug-likeness (QED) is 0.471. The van der Waals surface area contributed by atoms with Crippen LogP contribution in [0.2, 0.25) is 0 Å². The number of fused-ring (bicyclic) bond motifs is 1. The normalized spacial score (nSPS) is 16.8. The van der Waals surface area contributed by atoms with E-state index < -0.39 is 21.7 Å². The first-order chi connectivity index (χ1) is 16.9. The molecule has 0 amide bonds. The number of aliphatic hydroxyl groups excluding tert-OH is 1. The van der Waals surface area contributed by atoms with Crippen molar-refractivity contribution in [1.29, 1.82) is 0 Å². The van der Waals surface area contributed by atoms with E-state index in [4.69, 9.17) is 9.47 Å². The second kappa shape index (κ2) is 10.2. The van der Waals surface area contributed by atoms with Crippen LogP contribution in [0, 0.1) is 0 Å². The number of hydrogen-bond donors (Lipinski definition) is 1. The van der Waals surface area contributed by atoms with Crippen LogP contribution in [0.3, 0.4) is 0 Å². The van der Waals surface area contributed by atoms with Crippen molar-refractivity contribution in [2.24, 2.45) is 0 Å². The van der Waals surface area contributed by atoms with E-state index in [2.05, 4.69) is 15.1 Å². The fraction of sp³-hybridized carbons (Fsp3) is 0.500. The molecule has 2 aromatic heterocycles. The van der Waals surface area contributed by atoms with Gasteiger partial charge in [-0.25, -0.2) is 23.1 Å². The zero-order chi connectivity index (χ0) is 26.1. The summed E-state index contributed by atoms with van der Waals surface area (Å²) >= 11 is 0. The smallest absolute Gasteiger partial charge is 0.228 e. The van der Waals surface area contributed by atoms with E-state index >= 15 is 0 Å². The maximum Gasteiger partial charge on any atom is 0.228 e. The Hall–Kier alpha value is -2.93. The minimum atomic E-state index is -3.30. The summed E-state index contributed by atoms with van der Waals surface area (Å²) in [6, 6.07) is 6.39. The number of nitrogens with zero attached hydrogens (tertiary/aromatic N) is 5. The van der Waals surface area contributed by atoms with Crippen molar-refractivity contribution in [3.63, 3.8) is 0 Å². The Morgan fingerprint density at radius 1 is 1.17 bits per heavy atom. The van der Waals surface area contributed by atoms with Crippen LogP contribution in [0.5, 0.6) is 5.88 Å². The fourth-order valence-electron chi connectivity index (χ4n) is 3.90. The van der Waals surface area contributed by atoms with Gasteiger partial charge in [-0.2, -0.15) is 5.10 Å². The van der Waals surface area contributed by atoms with Gasteiger partial charge in [0.05, 0.1) is 22.4 Å². The molecule has 3 aromatic rings. The molecule has 4 rings (SSSR count). The van der Waals surface area contributed by atoms with E-state index in [0.29, 0.717) is 48.5 Å². The molecule has 1 aliphatic rings. The lowest BCUT2D eigenvalue weighted by Crippen LogP contribution is -2.49. The second-order valence-corrected chi connectivity index (χ2v) is 11.8. The van der Waals surface area contributed by atoms with Gasteiger partial charge in [0.25, 0.3) is 0 Å². The highest BCUT2D eigenvalue weighted by molar-refractivity contribution is 7.90. The van der Waals surface area contributed by atoms with Gasteiger partial charge in [0.2, 0.25) is 11.7 Å². The summed E-state index contributed by atoms with van der Waals surface area (Å²) in [6.07, 6.45) is 4.03. The van der Waals surface area contributed by atoms with Crippen molar-refractivity contribution in [2.45, 2.75) is 56.4 Å². The number of benzene rings is 1. The van der Waals surface area contributed by atoms with Crippen LogP contribution in [0.1, 0.15) is 33.6 Å². The van der Waals surface area contributed by atoms with Gasteiger partial charge < -0.3 is 14.6 Å². The number of rotatable bonds is 8. The van der Waals surface area contributed by atoms with Gasteiger partial charge in [0.1, 0.15) is 24.4 Å². The number of ether oxygens (including phenoxy) is 2. The van der Waals surface area contributed by atoms with E-state index in [1.165, 1.54) is 18.5 Å². The number of carbonyl (C=O) groups excluding carboxylic acids is 1. The number of hydrogen-bond acceptors (Lipinski definition) is 10. The number of Topliss-reactive ketones (excluding diaryl/α,β-unsaturated/α-hetero) is 1. The van der Waals surface area contributed by atoms with Crippen LogP contribution in [0.15, 0.2) is 41.7 Å². The Balaban J connectivity index is 1.41. The Labute approximate surface area is 210 Å². The first-order valence-corrected chi connectivity index (χ1v) is 13.6. The largest absolute Gasteiger partial charge is 0.474 e. The van der Waals surface area contributed by atoms with Gasteiger partial charge in [-0.15, -0.1) is 0 Å². The lowest BCUT2D eigenvalue weighted by atomic mass is 10.1. The molecule has 0 spiro atoms. The van der Waals surface area contributed by atoms with E-state index in [9.17, 15) is 18.3 Å². The predicted octanol–water partition coefficient (Wildman–Crippen LogP) is 1.76. The number of ketones is 1. The molecule has 1 atom stereocenters. The van der Waals surface area contributed by atoms with Crippen molar-refractivity contribution in [1.82, 2.24) is 24.6 Å². The Morgan fingerprint density at radius 2 is 1.83 bits per heavy atom. The molecule has 3 heterocycles. The summed E-state index contributed by atoms with van der Waals surface area (Å²) in [4.78, 5) is 22.9. The van der Waals surface area contributed by atoms with Crippen LogP contribution < -0.4 is 4.74 Å². The monoisotopic (exact) mass is 517 g/mol. The van der Waals surface area contributed by atoms with E-state index in [1.807, 2.05) is 20.8 Å². The van der Waals surface area contributed by atoms with Crippen LogP contribution in [0.4, 0.5) is 0 Å². The molecule has 0 radical (unpaired) electrons. The minimum Gasteiger partial charge on any atom is -0.474 e. The Morgan fingerprint density at radius 3 is 2.44 bits per heavy atom. The molecule has 36 heavy (non-hydrogen) atoms. The van der Waals surface area contributed by atoms with Gasteiger partial charge in [-0.1, -0.05) is 0 Å². The van der Waals surface area contributed by atoms with Gasteiger partial charge in [-0.05, 0) is 57.9 Å². The molecule has 1 aliphatic heterocycles. The lowest BCUT2D eigenvalue weighted by Gasteiger charge is -2.34. The summed E-state index contributed by atoms with van der Waals surface area (Å²) in [5, 5.41) is 15.4. The maximum atomic E-state index is 12.3. The average molecular weight is 518 g/mol. The van der Waals surface area contributed by atoms with Gasteiger partial charge in [-0.3, -0.25) is 9.69 Å². The fourth-order valence-corrected chi connectivity index (χ4v) is 4.53. The number of aromatic nitrogens is 4. The molecule has 12 heteroatoms. The molecule has 0 bridgehead atoms. The molecule has 1 N–H and O–H groups in total. The summed E-state index contributed by atoms with van der Waals surface area (Å²) in [7, 11) is -3.30. The third-order valence-electron chi connectivity index (χ3n) is 5.87. The molecular formula is C24H31N5O6S. The SMILES string of the molecule is CC(C)(C)OCC(=O)C(O)N1CCC(Oc2ncnc3c2cnn3-c2ccc(S(C)(=O)=O)cc2)CC1. The predicted molar refractivity (Wildman–Crippen MR) is 132 cm³/mol. The minimum absolute atomic E-state index is 0.138. The zero-order valence-electron chi connectivity index (χ0n) is 20.8. The van der Waals surface area contributed by atoms with Crippen LogP contribution in [-0.2, 0) is 19.4 Å². The summed E-state index contributed by atoms with van der Waals surface area (Å²) in [5.41, 5.74) is 0.737. The summed E-state index contributed by atoms with van der Waals surface area (Å²) < 4.78 is 36.7. The topological polar surface area (TPSA) is 137 Å². The van der Waals surface area contributed by atoms with E-state index in [0.717, 1.165) is 6.26 Å². The van der Waals surface area contributed by atoms with Crippen molar-refractivity contribution in [3.05, 3.63) is 36.8 Å². The third kappa shape index (κ3) is 6.06. The van der Waals surface area contributed by atoms with Crippen molar-refractivity contribution < 1.29 is 27.8 Å². The molecule has 0 aliphatic carbocycles. The van der Waals surface area contributed by atoms with Gasteiger partial charge in [0.15, 0.2) is 21.7 Å². The van der Waals surface area contributed by atoms with Crippen molar-refractivity contribution in [3.8, 4) is 11.6 Å². The summed E-state index contributed by atoms with van der Waals surface area (Å²) in [5.74, 6) is 0.0337. The van der Waals surface area contributed by atoms with Crippen molar-refractivity contribution >= 4 is 26.7 Å². The molecule has 1 fully saturated rings. The number of aliphatic hydroxyl groups is 1. The molecule has 1 aromatic carbocycles. The number of carbonyl (C=O) groups is 1. The van der Waals surface area contributed by atoms with E-state index in [-0.39, 0.29) is 23.4 Å². The van der Waals surface area contributed by atoms with Crippen LogP contribution >= 0.6 is 0 Å². The first kappa shape index (κ1) is 26.1. The zero-order valence-corrected chi connectivity index (χ0v) is 21.6. The van der Waals surface area contributed by atoms with Crippen LogP contribution in [0.25, 0.3) is 16.7 Å². The first-order valence-electron chi connectivity index (χ1n) is 11.7. The van der Waals surface area contributed by atoms with Crippen molar-refractivity contribution in [2.75, 3.05) is 26.0 Å². The highest BCUT2D eigenvalue weighted by Crippen LogP contribution is 2.27. The number of piperidine rings is 1. The summed E-state index contributed by atoms with van der Waals surface area (Å²) in [6.45, 7) is 6.43. The second-order valence-electron chi connectivity index (χ2n) is 9.83.